The summed E-state index contributed by atoms with van der Waals surface area (Å²) in [7, 11) is 1.48. The molecule has 0 amide bonds. The molecule has 90 valence electrons. The lowest BCUT2D eigenvalue weighted by molar-refractivity contribution is 0.379. The summed E-state index contributed by atoms with van der Waals surface area (Å²) in [6.45, 7) is 0.271. The van der Waals surface area contributed by atoms with Crippen molar-refractivity contribution in [3.8, 4) is 11.9 Å². The summed E-state index contributed by atoms with van der Waals surface area (Å²) in [5, 5.41) is 12.8. The molecule has 18 heavy (non-hydrogen) atoms. The van der Waals surface area contributed by atoms with E-state index in [0.29, 0.717) is 11.6 Å². The number of nitriles is 1. The fraction of sp³-hybridized carbons (Fsp3) is 0.167. The van der Waals surface area contributed by atoms with Gasteiger partial charge in [-0.1, -0.05) is 0 Å². The topological polar surface area (TPSA) is 80.8 Å². The molecule has 0 aliphatic heterocycles. The van der Waals surface area contributed by atoms with Crippen LogP contribution in [-0.2, 0) is 6.54 Å². The summed E-state index contributed by atoms with van der Waals surface area (Å²) < 4.78 is 6.23. The maximum absolute atomic E-state index is 11.6. The molecule has 2 heterocycles. The number of hydrogen-bond acceptors (Lipinski definition) is 5. The Labute approximate surface area is 103 Å². The van der Waals surface area contributed by atoms with Gasteiger partial charge in [0.15, 0.2) is 0 Å². The molecule has 0 unspecified atom stereocenters. The van der Waals surface area contributed by atoms with Crippen LogP contribution in [0.4, 0.5) is 0 Å². The van der Waals surface area contributed by atoms with Gasteiger partial charge in [0.25, 0.3) is 5.56 Å². The molecule has 0 fully saturated rings. The molecule has 0 N–H and O–H groups in total. The monoisotopic (exact) mass is 242 g/mol. The number of pyridine rings is 1. The average Bonchev–Trinajstić information content (AvgIpc) is 2.41. The van der Waals surface area contributed by atoms with Gasteiger partial charge in [-0.3, -0.25) is 4.79 Å². The molecule has 0 saturated carbocycles. The van der Waals surface area contributed by atoms with Crippen molar-refractivity contribution in [3.05, 3.63) is 52.1 Å². The van der Waals surface area contributed by atoms with Crippen molar-refractivity contribution in [2.45, 2.75) is 6.54 Å². The second-order valence-corrected chi connectivity index (χ2v) is 3.53. The van der Waals surface area contributed by atoms with Crippen LogP contribution in [0.3, 0.4) is 0 Å². The SMILES string of the molecule is COc1ccc(=O)n(Cc2ccnc(C#N)c2)n1. The fourth-order valence-corrected chi connectivity index (χ4v) is 1.46. The molecule has 6 nitrogen and oxygen atoms in total. The van der Waals surface area contributed by atoms with E-state index in [4.69, 9.17) is 10.00 Å². The normalized spacial score (nSPS) is 9.78. The van der Waals surface area contributed by atoms with Crippen LogP contribution >= 0.6 is 0 Å². The summed E-state index contributed by atoms with van der Waals surface area (Å²) in [5.74, 6) is 0.365. The Bertz CT molecular complexity index is 658. The molecule has 0 bridgehead atoms. The third-order valence-electron chi connectivity index (χ3n) is 2.32. The third-order valence-corrected chi connectivity index (χ3v) is 2.32. The summed E-state index contributed by atoms with van der Waals surface area (Å²) in [6.07, 6.45) is 1.53. The summed E-state index contributed by atoms with van der Waals surface area (Å²) >= 11 is 0. The van der Waals surface area contributed by atoms with Gasteiger partial charge in [0.1, 0.15) is 11.8 Å². The molecule has 0 aromatic carbocycles. The van der Waals surface area contributed by atoms with Crippen LogP contribution in [0.2, 0.25) is 0 Å². The summed E-state index contributed by atoms with van der Waals surface area (Å²) in [6, 6.07) is 8.19. The fourth-order valence-electron chi connectivity index (χ4n) is 1.46. The van der Waals surface area contributed by atoms with Gasteiger partial charge in [-0.2, -0.15) is 5.26 Å². The van der Waals surface area contributed by atoms with E-state index in [2.05, 4.69) is 10.1 Å². The highest BCUT2D eigenvalue weighted by Crippen LogP contribution is 2.04. The minimum absolute atomic E-state index is 0.230. The van der Waals surface area contributed by atoms with Crippen LogP contribution in [0.1, 0.15) is 11.3 Å². The molecule has 0 spiro atoms. The number of aromatic nitrogens is 3. The predicted molar refractivity (Wildman–Crippen MR) is 63.1 cm³/mol. The Morgan fingerprint density at radius 2 is 2.28 bits per heavy atom. The minimum atomic E-state index is -0.230. The van der Waals surface area contributed by atoms with E-state index in [9.17, 15) is 4.79 Å². The lowest BCUT2D eigenvalue weighted by Gasteiger charge is -2.06. The number of rotatable bonds is 3. The highest BCUT2D eigenvalue weighted by molar-refractivity contribution is 5.25. The Kier molecular flexibility index (Phi) is 3.34. The molecular weight excluding hydrogens is 232 g/mol. The first-order chi connectivity index (χ1) is 8.72. The first-order valence-electron chi connectivity index (χ1n) is 5.20. The standard InChI is InChI=1S/C12H10N4O2/c1-18-11-2-3-12(17)16(15-11)8-9-4-5-14-10(6-9)7-13/h2-6H,8H2,1H3. The zero-order chi connectivity index (χ0) is 13.0. The Morgan fingerprint density at radius 3 is 3.00 bits per heavy atom. The Morgan fingerprint density at radius 1 is 1.44 bits per heavy atom. The van der Waals surface area contributed by atoms with Gasteiger partial charge in [-0.15, -0.1) is 5.10 Å². The predicted octanol–water partition coefficient (Wildman–Crippen LogP) is 0.567. The lowest BCUT2D eigenvalue weighted by atomic mass is 10.2. The quantitative estimate of drug-likeness (QED) is 0.785. The molecule has 0 radical (unpaired) electrons. The maximum Gasteiger partial charge on any atom is 0.267 e. The molecule has 2 aromatic heterocycles. The number of ether oxygens (including phenoxy) is 1. The Balaban J connectivity index is 2.33. The average molecular weight is 242 g/mol. The van der Waals surface area contributed by atoms with Crippen LogP contribution in [0.25, 0.3) is 0 Å². The van der Waals surface area contributed by atoms with Gasteiger partial charge in [0.2, 0.25) is 5.88 Å². The number of hydrogen-bond donors (Lipinski definition) is 0. The van der Waals surface area contributed by atoms with Gasteiger partial charge >= 0.3 is 0 Å². The Hall–Kier alpha value is -2.68. The highest BCUT2D eigenvalue weighted by Gasteiger charge is 2.03. The van der Waals surface area contributed by atoms with Crippen LogP contribution in [0.5, 0.6) is 5.88 Å². The van der Waals surface area contributed by atoms with Crippen molar-refractivity contribution in [3.63, 3.8) is 0 Å². The molecule has 0 aliphatic rings. The van der Waals surface area contributed by atoms with Crippen LogP contribution in [-0.4, -0.2) is 21.9 Å². The maximum atomic E-state index is 11.6. The largest absolute Gasteiger partial charge is 0.480 e. The van der Waals surface area contributed by atoms with E-state index in [1.165, 1.54) is 30.1 Å². The first-order valence-corrected chi connectivity index (χ1v) is 5.20. The lowest BCUT2D eigenvalue weighted by Crippen LogP contribution is -2.22. The second kappa shape index (κ2) is 5.10. The minimum Gasteiger partial charge on any atom is -0.480 e. The molecular formula is C12H10N4O2. The summed E-state index contributed by atoms with van der Waals surface area (Å²) in [4.78, 5) is 15.5. The number of methoxy groups -OCH3 is 1. The van der Waals surface area contributed by atoms with E-state index in [1.807, 2.05) is 6.07 Å². The van der Waals surface area contributed by atoms with Gasteiger partial charge < -0.3 is 4.74 Å². The number of nitrogens with zero attached hydrogens (tertiary/aromatic N) is 4. The molecule has 0 aliphatic carbocycles. The van der Waals surface area contributed by atoms with Gasteiger partial charge in [0, 0.05) is 18.3 Å². The first kappa shape index (κ1) is 11.8. The molecule has 2 aromatic rings. The molecule has 2 rings (SSSR count). The van der Waals surface area contributed by atoms with E-state index in [-0.39, 0.29) is 12.1 Å². The van der Waals surface area contributed by atoms with Crippen molar-refractivity contribution >= 4 is 0 Å². The molecule has 6 heteroatoms. The van der Waals surface area contributed by atoms with Crippen molar-refractivity contribution in [1.29, 1.82) is 5.26 Å². The van der Waals surface area contributed by atoms with Crippen molar-refractivity contribution in [2.75, 3.05) is 7.11 Å². The van der Waals surface area contributed by atoms with Crippen molar-refractivity contribution in [2.24, 2.45) is 0 Å². The van der Waals surface area contributed by atoms with Crippen molar-refractivity contribution < 1.29 is 4.74 Å². The smallest absolute Gasteiger partial charge is 0.267 e. The summed E-state index contributed by atoms with van der Waals surface area (Å²) in [5.41, 5.74) is 0.860. The van der Waals surface area contributed by atoms with Gasteiger partial charge in [-0.05, 0) is 17.7 Å². The van der Waals surface area contributed by atoms with Crippen LogP contribution in [0, 0.1) is 11.3 Å². The third kappa shape index (κ3) is 2.52. The van der Waals surface area contributed by atoms with E-state index >= 15 is 0 Å². The van der Waals surface area contributed by atoms with Gasteiger partial charge in [0.05, 0.1) is 13.7 Å². The van der Waals surface area contributed by atoms with Crippen LogP contribution in [0.15, 0.2) is 35.3 Å². The highest BCUT2D eigenvalue weighted by atomic mass is 16.5. The van der Waals surface area contributed by atoms with Crippen LogP contribution < -0.4 is 10.3 Å². The zero-order valence-corrected chi connectivity index (χ0v) is 9.70. The van der Waals surface area contributed by atoms with Gasteiger partial charge in [-0.25, -0.2) is 9.67 Å². The van der Waals surface area contributed by atoms with Crippen molar-refractivity contribution in [1.82, 2.24) is 14.8 Å². The second-order valence-electron chi connectivity index (χ2n) is 3.53. The zero-order valence-electron chi connectivity index (χ0n) is 9.70. The molecule has 0 saturated heterocycles. The van der Waals surface area contributed by atoms with E-state index in [0.717, 1.165) is 5.56 Å². The van der Waals surface area contributed by atoms with E-state index < -0.39 is 0 Å². The van der Waals surface area contributed by atoms with E-state index in [1.54, 1.807) is 12.1 Å². The molecule has 0 atom stereocenters.